The van der Waals surface area contributed by atoms with Gasteiger partial charge in [0.05, 0.1) is 40.7 Å². The van der Waals surface area contributed by atoms with E-state index in [0.29, 0.717) is 43.7 Å². The van der Waals surface area contributed by atoms with Gasteiger partial charge in [-0.15, -0.1) is 11.3 Å². The van der Waals surface area contributed by atoms with Gasteiger partial charge in [0, 0.05) is 22.9 Å². The van der Waals surface area contributed by atoms with Crippen molar-refractivity contribution in [3.63, 3.8) is 0 Å². The summed E-state index contributed by atoms with van der Waals surface area (Å²) in [6.45, 7) is 0.157. The van der Waals surface area contributed by atoms with Crippen molar-refractivity contribution < 1.29 is 14.3 Å². The summed E-state index contributed by atoms with van der Waals surface area (Å²) in [5.74, 6) is 1.78. The highest BCUT2D eigenvalue weighted by Crippen LogP contribution is 2.45. The third-order valence-corrected chi connectivity index (χ3v) is 7.21. The molecule has 4 heterocycles. The van der Waals surface area contributed by atoms with Crippen LogP contribution in [0.25, 0.3) is 31.7 Å². The number of phenolic OH excluding ortho intramolecular Hbond substituents is 1. The summed E-state index contributed by atoms with van der Waals surface area (Å²) in [5.41, 5.74) is 1.40. The van der Waals surface area contributed by atoms with Crippen molar-refractivity contribution in [3.8, 4) is 23.0 Å². The van der Waals surface area contributed by atoms with E-state index in [0.717, 1.165) is 24.1 Å². The van der Waals surface area contributed by atoms with Crippen molar-refractivity contribution in [3.05, 3.63) is 63.7 Å². The first-order valence-electron chi connectivity index (χ1n) is 10.3. The molecule has 1 fully saturated rings. The molecule has 10 heteroatoms. The van der Waals surface area contributed by atoms with Crippen molar-refractivity contribution in [2.24, 2.45) is 0 Å². The number of benzene rings is 1. The highest BCUT2D eigenvalue weighted by molar-refractivity contribution is 7.25. The van der Waals surface area contributed by atoms with Gasteiger partial charge in [0.2, 0.25) is 5.88 Å². The Kier molecular flexibility index (Phi) is 4.63. The summed E-state index contributed by atoms with van der Waals surface area (Å²) >= 11 is 7.35. The number of pyridine rings is 1. The van der Waals surface area contributed by atoms with Gasteiger partial charge in [-0.25, -0.2) is 15.0 Å². The molecule has 0 aliphatic heterocycles. The van der Waals surface area contributed by atoms with E-state index in [1.807, 2.05) is 6.07 Å². The van der Waals surface area contributed by atoms with Crippen LogP contribution in [0.3, 0.4) is 0 Å². The Morgan fingerprint density at radius 2 is 2.12 bits per heavy atom. The highest BCUT2D eigenvalue weighted by Gasteiger charge is 2.31. The molecule has 5 aromatic rings. The third-order valence-electron chi connectivity index (χ3n) is 5.80. The van der Waals surface area contributed by atoms with E-state index in [4.69, 9.17) is 25.7 Å². The third kappa shape index (κ3) is 3.27. The second-order valence-electron chi connectivity index (χ2n) is 7.91. The molecule has 0 amide bonds. The smallest absolute Gasteiger partial charge is 0.263 e. The molecule has 1 aromatic carbocycles. The maximum atomic E-state index is 13.8. The van der Waals surface area contributed by atoms with E-state index in [9.17, 15) is 9.90 Å². The minimum absolute atomic E-state index is 0.0512. The lowest BCUT2D eigenvalue weighted by Gasteiger charge is -2.15. The molecule has 4 aromatic heterocycles. The fourth-order valence-corrected chi connectivity index (χ4v) is 5.36. The number of fused-ring (bicyclic) bond motifs is 3. The SMILES string of the molecule is COc1ccc(-c2nc3sc4c(O)c(Cl)ccc4c3c(=O)n2Cc2cnco2)c(C2CC2)n1. The monoisotopic (exact) mass is 480 g/mol. The first kappa shape index (κ1) is 20.2. The van der Waals surface area contributed by atoms with Crippen LogP contribution in [-0.2, 0) is 6.54 Å². The van der Waals surface area contributed by atoms with Gasteiger partial charge in [0.1, 0.15) is 16.4 Å². The van der Waals surface area contributed by atoms with Crippen LogP contribution >= 0.6 is 22.9 Å². The normalized spacial score (nSPS) is 13.8. The molecule has 166 valence electrons. The zero-order valence-electron chi connectivity index (χ0n) is 17.4. The molecule has 0 atom stereocenters. The van der Waals surface area contributed by atoms with Crippen LogP contribution in [0.2, 0.25) is 5.02 Å². The lowest BCUT2D eigenvalue weighted by Crippen LogP contribution is -2.24. The molecule has 0 radical (unpaired) electrons. The van der Waals surface area contributed by atoms with Gasteiger partial charge < -0.3 is 14.3 Å². The van der Waals surface area contributed by atoms with E-state index in [1.54, 1.807) is 36.1 Å². The van der Waals surface area contributed by atoms with Crippen molar-refractivity contribution in [2.45, 2.75) is 25.3 Å². The molecule has 0 unspecified atom stereocenters. The Bertz CT molecular complexity index is 1590. The summed E-state index contributed by atoms with van der Waals surface area (Å²) in [7, 11) is 1.58. The molecule has 0 saturated heterocycles. The van der Waals surface area contributed by atoms with Crippen LogP contribution < -0.4 is 10.3 Å². The Hall–Kier alpha value is -3.43. The van der Waals surface area contributed by atoms with E-state index in [2.05, 4.69) is 9.97 Å². The molecule has 0 spiro atoms. The van der Waals surface area contributed by atoms with Gasteiger partial charge in [0.25, 0.3) is 5.56 Å². The number of hydrogen-bond acceptors (Lipinski definition) is 8. The number of oxazole rings is 1. The predicted molar refractivity (Wildman–Crippen MR) is 125 cm³/mol. The second kappa shape index (κ2) is 7.57. The first-order valence-corrected chi connectivity index (χ1v) is 11.5. The van der Waals surface area contributed by atoms with Crippen LogP contribution in [0.4, 0.5) is 0 Å². The number of aromatic hydroxyl groups is 1. The number of methoxy groups -OCH3 is 1. The molecule has 1 saturated carbocycles. The van der Waals surface area contributed by atoms with Crippen molar-refractivity contribution in [1.82, 2.24) is 19.5 Å². The topological polar surface area (TPSA) is 103 Å². The zero-order valence-corrected chi connectivity index (χ0v) is 19.0. The Morgan fingerprint density at radius 3 is 2.85 bits per heavy atom. The number of hydrogen-bond donors (Lipinski definition) is 1. The van der Waals surface area contributed by atoms with Gasteiger partial charge in [-0.1, -0.05) is 17.7 Å². The van der Waals surface area contributed by atoms with Gasteiger partial charge in [-0.3, -0.25) is 9.36 Å². The van der Waals surface area contributed by atoms with Gasteiger partial charge in [-0.2, -0.15) is 0 Å². The molecule has 1 aliphatic carbocycles. The summed E-state index contributed by atoms with van der Waals surface area (Å²) in [6.07, 6.45) is 4.95. The molecule has 1 N–H and O–H groups in total. The molecular weight excluding hydrogens is 464 g/mol. The molecule has 8 nitrogen and oxygen atoms in total. The molecule has 33 heavy (non-hydrogen) atoms. The Labute approximate surface area is 196 Å². The number of rotatable bonds is 5. The molecule has 0 bridgehead atoms. The standard InChI is InChI=1S/C23H17ClN4O4S/c1-31-16-7-5-14(18(26-16)11-2-3-11)21-27-22-17(13-4-6-15(24)19(29)20(13)33-22)23(30)28(21)9-12-8-25-10-32-12/h4-8,10-11,29H,2-3,9H2,1H3. The number of ether oxygens (including phenoxy) is 1. The number of phenols is 1. The number of nitrogens with zero attached hydrogens (tertiary/aromatic N) is 4. The van der Waals surface area contributed by atoms with E-state index < -0.39 is 0 Å². The fourth-order valence-electron chi connectivity index (χ4n) is 4.04. The average molecular weight is 481 g/mol. The van der Waals surface area contributed by atoms with Crippen molar-refractivity contribution in [2.75, 3.05) is 7.11 Å². The van der Waals surface area contributed by atoms with E-state index in [-0.39, 0.29) is 22.9 Å². The summed E-state index contributed by atoms with van der Waals surface area (Å²) < 4.78 is 12.9. The Morgan fingerprint density at radius 1 is 1.27 bits per heavy atom. The van der Waals surface area contributed by atoms with Crippen LogP contribution in [0.5, 0.6) is 11.6 Å². The van der Waals surface area contributed by atoms with Crippen LogP contribution in [0.1, 0.15) is 30.2 Å². The lowest BCUT2D eigenvalue weighted by molar-refractivity contribution is 0.396. The number of aromatic nitrogens is 4. The van der Waals surface area contributed by atoms with Gasteiger partial charge >= 0.3 is 0 Å². The number of thiophene rings is 1. The molecule has 6 rings (SSSR count). The summed E-state index contributed by atoms with van der Waals surface area (Å²) in [4.78, 5) is 27.9. The molecule has 1 aliphatic rings. The predicted octanol–water partition coefficient (Wildman–Crippen LogP) is 4.95. The quantitative estimate of drug-likeness (QED) is 0.379. The maximum Gasteiger partial charge on any atom is 0.263 e. The zero-order chi connectivity index (χ0) is 22.7. The van der Waals surface area contributed by atoms with E-state index in [1.165, 1.54) is 17.7 Å². The number of halogens is 1. The lowest BCUT2D eigenvalue weighted by atomic mass is 10.1. The first-order chi connectivity index (χ1) is 16.0. The van der Waals surface area contributed by atoms with Crippen LogP contribution in [-0.4, -0.2) is 31.7 Å². The second-order valence-corrected chi connectivity index (χ2v) is 9.32. The summed E-state index contributed by atoms with van der Waals surface area (Å²) in [6, 6.07) is 6.99. The van der Waals surface area contributed by atoms with Crippen molar-refractivity contribution >= 4 is 43.2 Å². The molecular formula is C23H17ClN4O4S. The average Bonchev–Trinajstić information content (AvgIpc) is 3.41. The van der Waals surface area contributed by atoms with Gasteiger partial charge in [0.15, 0.2) is 12.1 Å². The van der Waals surface area contributed by atoms with E-state index >= 15 is 0 Å². The Balaban J connectivity index is 1.68. The summed E-state index contributed by atoms with van der Waals surface area (Å²) in [5, 5.41) is 11.8. The van der Waals surface area contributed by atoms with Crippen molar-refractivity contribution in [1.29, 1.82) is 0 Å². The van der Waals surface area contributed by atoms with Crippen LogP contribution in [0, 0.1) is 0 Å². The fraction of sp³-hybridized carbons (Fsp3) is 0.217. The van der Waals surface area contributed by atoms with Gasteiger partial charge in [-0.05, 0) is 25.0 Å². The largest absolute Gasteiger partial charge is 0.505 e. The minimum atomic E-state index is -0.239. The van der Waals surface area contributed by atoms with Crippen LogP contribution in [0.15, 0.2) is 46.1 Å². The highest BCUT2D eigenvalue weighted by atomic mass is 35.5. The maximum absolute atomic E-state index is 13.8. The minimum Gasteiger partial charge on any atom is -0.505 e.